The van der Waals surface area contributed by atoms with Gasteiger partial charge in [-0.25, -0.2) is 0 Å². The van der Waals surface area contributed by atoms with Crippen molar-refractivity contribution in [1.29, 1.82) is 0 Å². The molecule has 0 saturated carbocycles. The molecule has 0 aliphatic rings. The van der Waals surface area contributed by atoms with Gasteiger partial charge in [0.15, 0.2) is 0 Å². The minimum absolute atomic E-state index is 0.0501. The number of phenols is 1. The number of phenolic OH excluding ortho intramolecular Hbond substituents is 1. The average molecular weight is 229 g/mol. The van der Waals surface area contributed by atoms with Gasteiger partial charge in [-0.05, 0) is 17.5 Å². The molecule has 0 heterocycles. The first-order valence-corrected chi connectivity index (χ1v) is 4.98. The highest BCUT2D eigenvalue weighted by Gasteiger charge is 2.13. The number of rotatable bonds is 4. The molecule has 0 aliphatic heterocycles. The lowest BCUT2D eigenvalue weighted by atomic mass is 9.97. The Morgan fingerprint density at radius 1 is 1.60 bits per heavy atom. The van der Waals surface area contributed by atoms with Crippen LogP contribution in [0.4, 0.5) is 0 Å². The van der Waals surface area contributed by atoms with Crippen molar-refractivity contribution < 1.29 is 14.6 Å². The maximum atomic E-state index is 10.4. The zero-order chi connectivity index (χ0) is 11.4. The van der Waals surface area contributed by atoms with Gasteiger partial charge in [0.05, 0.1) is 12.1 Å². The van der Waals surface area contributed by atoms with Crippen LogP contribution in [0.3, 0.4) is 0 Å². The number of hydrogen-bond acceptors (Lipinski definition) is 3. The maximum Gasteiger partial charge on any atom is 0.141 e. The predicted octanol–water partition coefficient (Wildman–Crippen LogP) is 2.75. The highest BCUT2D eigenvalue weighted by Crippen LogP contribution is 2.36. The van der Waals surface area contributed by atoms with Gasteiger partial charge in [-0.15, -0.1) is 0 Å². The molecule has 0 fully saturated rings. The Morgan fingerprint density at radius 2 is 2.27 bits per heavy atom. The van der Waals surface area contributed by atoms with Crippen LogP contribution in [0.25, 0.3) is 0 Å². The third-order valence-corrected chi connectivity index (χ3v) is 2.58. The second-order valence-corrected chi connectivity index (χ2v) is 3.76. The highest BCUT2D eigenvalue weighted by molar-refractivity contribution is 6.32. The molecule has 3 nitrogen and oxygen atoms in total. The van der Waals surface area contributed by atoms with Crippen molar-refractivity contribution in [3.8, 4) is 11.5 Å². The highest BCUT2D eigenvalue weighted by atomic mass is 35.5. The van der Waals surface area contributed by atoms with Gasteiger partial charge in [0.1, 0.15) is 17.8 Å². The van der Waals surface area contributed by atoms with E-state index < -0.39 is 0 Å². The molecule has 1 aromatic rings. The summed E-state index contributed by atoms with van der Waals surface area (Å²) in [4.78, 5) is 10.4. The van der Waals surface area contributed by atoms with Crippen molar-refractivity contribution in [3.63, 3.8) is 0 Å². The van der Waals surface area contributed by atoms with Crippen LogP contribution in [0.1, 0.15) is 24.8 Å². The van der Waals surface area contributed by atoms with Crippen molar-refractivity contribution in [3.05, 3.63) is 22.7 Å². The lowest BCUT2D eigenvalue weighted by Crippen LogP contribution is -1.96. The van der Waals surface area contributed by atoms with Crippen LogP contribution in [0.15, 0.2) is 12.1 Å². The number of methoxy groups -OCH3 is 1. The molecule has 1 N–H and O–H groups in total. The summed E-state index contributed by atoms with van der Waals surface area (Å²) < 4.78 is 4.96. The molecular weight excluding hydrogens is 216 g/mol. The van der Waals surface area contributed by atoms with E-state index in [0.29, 0.717) is 22.8 Å². The molecule has 1 aromatic carbocycles. The Balaban J connectivity index is 3.09. The summed E-state index contributed by atoms with van der Waals surface area (Å²) in [6.07, 6.45) is 1.18. The summed E-state index contributed by atoms with van der Waals surface area (Å²) >= 11 is 5.92. The molecule has 0 bridgehead atoms. The molecule has 0 aromatic heterocycles. The van der Waals surface area contributed by atoms with Crippen molar-refractivity contribution in [2.45, 2.75) is 19.3 Å². The normalized spacial score (nSPS) is 12.2. The quantitative estimate of drug-likeness (QED) is 0.806. The predicted molar refractivity (Wildman–Crippen MR) is 58.8 cm³/mol. The van der Waals surface area contributed by atoms with E-state index in [1.807, 2.05) is 6.92 Å². The third-order valence-electron chi connectivity index (χ3n) is 2.28. The molecule has 0 radical (unpaired) electrons. The zero-order valence-electron chi connectivity index (χ0n) is 8.66. The van der Waals surface area contributed by atoms with Crippen LogP contribution in [0.5, 0.6) is 11.5 Å². The SMILES string of the molecule is COc1cc(O)c(C(C)CC=O)cc1Cl. The van der Waals surface area contributed by atoms with Gasteiger partial charge in [0.25, 0.3) is 0 Å². The summed E-state index contributed by atoms with van der Waals surface area (Å²) in [6.45, 7) is 1.85. The number of benzene rings is 1. The van der Waals surface area contributed by atoms with E-state index in [1.54, 1.807) is 6.07 Å². The second-order valence-electron chi connectivity index (χ2n) is 3.35. The van der Waals surface area contributed by atoms with Gasteiger partial charge in [-0.2, -0.15) is 0 Å². The van der Waals surface area contributed by atoms with E-state index in [4.69, 9.17) is 16.3 Å². The number of ether oxygens (including phenoxy) is 1. The van der Waals surface area contributed by atoms with Crippen molar-refractivity contribution in [1.82, 2.24) is 0 Å². The lowest BCUT2D eigenvalue weighted by molar-refractivity contribution is -0.108. The molecule has 0 saturated heterocycles. The first-order valence-electron chi connectivity index (χ1n) is 4.60. The Morgan fingerprint density at radius 3 is 2.80 bits per heavy atom. The van der Waals surface area contributed by atoms with E-state index in [2.05, 4.69) is 0 Å². The molecule has 15 heavy (non-hydrogen) atoms. The number of aromatic hydroxyl groups is 1. The average Bonchev–Trinajstić information content (AvgIpc) is 2.21. The van der Waals surface area contributed by atoms with Crippen LogP contribution in [0, 0.1) is 0 Å². The third kappa shape index (κ3) is 2.63. The molecule has 1 unspecified atom stereocenters. The Hall–Kier alpha value is -1.22. The van der Waals surface area contributed by atoms with Gasteiger partial charge in [0, 0.05) is 12.5 Å². The van der Waals surface area contributed by atoms with Gasteiger partial charge in [0.2, 0.25) is 0 Å². The fourth-order valence-electron chi connectivity index (χ4n) is 1.38. The summed E-state index contributed by atoms with van der Waals surface area (Å²) in [5.74, 6) is 0.479. The van der Waals surface area contributed by atoms with E-state index in [9.17, 15) is 9.90 Å². The number of aldehydes is 1. The van der Waals surface area contributed by atoms with E-state index in [-0.39, 0.29) is 11.7 Å². The second kappa shape index (κ2) is 5.03. The van der Waals surface area contributed by atoms with E-state index in [0.717, 1.165) is 6.29 Å². The maximum absolute atomic E-state index is 10.4. The van der Waals surface area contributed by atoms with Crippen LogP contribution < -0.4 is 4.74 Å². The number of halogens is 1. The molecule has 0 spiro atoms. The van der Waals surface area contributed by atoms with Gasteiger partial charge < -0.3 is 14.6 Å². The van der Waals surface area contributed by atoms with E-state index >= 15 is 0 Å². The first-order chi connectivity index (χ1) is 7.10. The lowest BCUT2D eigenvalue weighted by Gasteiger charge is -2.13. The first kappa shape index (κ1) is 11.9. The summed E-state index contributed by atoms with van der Waals surface area (Å²) in [7, 11) is 1.48. The fraction of sp³-hybridized carbons (Fsp3) is 0.364. The summed E-state index contributed by atoms with van der Waals surface area (Å²) in [5, 5.41) is 10.1. The minimum Gasteiger partial charge on any atom is -0.508 e. The van der Waals surface area contributed by atoms with Crippen molar-refractivity contribution in [2.24, 2.45) is 0 Å². The summed E-state index contributed by atoms with van der Waals surface area (Å²) in [6, 6.07) is 3.09. The number of carbonyl (C=O) groups is 1. The fourth-order valence-corrected chi connectivity index (χ4v) is 1.63. The standard InChI is InChI=1S/C11H13ClO3/c1-7(3-4-13)8-5-9(12)11(15-2)6-10(8)14/h4-7,14H,3H2,1-2H3. The van der Waals surface area contributed by atoms with Gasteiger partial charge >= 0.3 is 0 Å². The molecule has 0 aliphatic carbocycles. The Bertz CT molecular complexity index is 363. The smallest absolute Gasteiger partial charge is 0.141 e. The topological polar surface area (TPSA) is 46.5 Å². The van der Waals surface area contributed by atoms with Crippen LogP contribution in [-0.4, -0.2) is 18.5 Å². The molecule has 1 rings (SSSR count). The molecule has 0 amide bonds. The minimum atomic E-state index is -0.0501. The molecule has 1 atom stereocenters. The molecular formula is C11H13ClO3. The Labute approximate surface area is 93.6 Å². The van der Waals surface area contributed by atoms with Gasteiger partial charge in [-0.1, -0.05) is 18.5 Å². The van der Waals surface area contributed by atoms with Crippen molar-refractivity contribution >= 4 is 17.9 Å². The number of hydrogen-bond donors (Lipinski definition) is 1. The Kier molecular flexibility index (Phi) is 3.97. The monoisotopic (exact) mass is 228 g/mol. The zero-order valence-corrected chi connectivity index (χ0v) is 9.41. The molecule has 4 heteroatoms. The van der Waals surface area contributed by atoms with Crippen LogP contribution in [0.2, 0.25) is 5.02 Å². The van der Waals surface area contributed by atoms with Crippen LogP contribution >= 0.6 is 11.6 Å². The number of carbonyl (C=O) groups excluding carboxylic acids is 1. The van der Waals surface area contributed by atoms with Gasteiger partial charge in [-0.3, -0.25) is 0 Å². The van der Waals surface area contributed by atoms with Crippen molar-refractivity contribution in [2.75, 3.05) is 7.11 Å². The largest absolute Gasteiger partial charge is 0.508 e. The van der Waals surface area contributed by atoms with E-state index in [1.165, 1.54) is 13.2 Å². The summed E-state index contributed by atoms with van der Waals surface area (Å²) in [5.41, 5.74) is 0.660. The molecule has 82 valence electrons. The van der Waals surface area contributed by atoms with Crippen LogP contribution in [-0.2, 0) is 4.79 Å².